The van der Waals surface area contributed by atoms with Crippen LogP contribution in [0, 0.1) is 0 Å². The Hall–Kier alpha value is -4.67. The van der Waals surface area contributed by atoms with E-state index in [4.69, 9.17) is 18.6 Å². The van der Waals surface area contributed by atoms with E-state index in [0.29, 0.717) is 77.3 Å². The van der Waals surface area contributed by atoms with Crippen LogP contribution in [0.1, 0.15) is 12.8 Å². The number of rotatable bonds is 8. The Labute approximate surface area is 213 Å². The minimum Gasteiger partial charge on any atom is -0.493 e. The van der Waals surface area contributed by atoms with Crippen molar-refractivity contribution in [2.45, 2.75) is 18.9 Å². The molecule has 4 aromatic rings. The number of furan rings is 1. The van der Waals surface area contributed by atoms with Crippen molar-refractivity contribution in [2.24, 2.45) is 0 Å². The molecule has 0 unspecified atom stereocenters. The molecule has 190 valence electrons. The van der Waals surface area contributed by atoms with Crippen molar-refractivity contribution in [3.05, 3.63) is 55.7 Å². The number of nitrogens with one attached hydrogen (secondary N) is 1. The van der Waals surface area contributed by atoms with Gasteiger partial charge in [0, 0.05) is 37.4 Å². The molecule has 1 aromatic carbocycles. The van der Waals surface area contributed by atoms with Crippen LogP contribution in [0.3, 0.4) is 0 Å². The lowest BCUT2D eigenvalue weighted by molar-refractivity contribution is -0.127. The quantitative estimate of drug-likeness (QED) is 0.354. The molecule has 0 atom stereocenters. The zero-order valence-corrected chi connectivity index (χ0v) is 20.5. The molecule has 3 aromatic heterocycles. The van der Waals surface area contributed by atoms with E-state index in [1.54, 1.807) is 42.7 Å². The van der Waals surface area contributed by atoms with E-state index in [1.165, 1.54) is 19.5 Å². The normalized spacial score (nSPS) is 13.8. The van der Waals surface area contributed by atoms with Crippen molar-refractivity contribution in [2.75, 3.05) is 32.6 Å². The Morgan fingerprint density at radius 1 is 1.14 bits per heavy atom. The highest BCUT2D eigenvalue weighted by atomic mass is 16.5. The molecule has 0 bridgehead atoms. The molecular formula is C26H26N6O5. The van der Waals surface area contributed by atoms with Gasteiger partial charge in [-0.05, 0) is 24.3 Å². The maximum absolute atomic E-state index is 11.9. The molecule has 1 saturated heterocycles. The Kier molecular flexibility index (Phi) is 6.84. The fourth-order valence-electron chi connectivity index (χ4n) is 4.18. The van der Waals surface area contributed by atoms with E-state index in [0.717, 1.165) is 0 Å². The van der Waals surface area contributed by atoms with E-state index < -0.39 is 0 Å². The van der Waals surface area contributed by atoms with Crippen molar-refractivity contribution in [1.82, 2.24) is 24.8 Å². The third kappa shape index (κ3) is 5.01. The highest BCUT2D eigenvalue weighted by molar-refractivity contribution is 5.93. The predicted molar refractivity (Wildman–Crippen MR) is 136 cm³/mol. The number of piperidine rings is 1. The summed E-state index contributed by atoms with van der Waals surface area (Å²) in [6.07, 6.45) is 7.26. The van der Waals surface area contributed by atoms with Gasteiger partial charge in [0.05, 0.1) is 32.2 Å². The van der Waals surface area contributed by atoms with E-state index in [2.05, 4.69) is 31.8 Å². The van der Waals surface area contributed by atoms with Crippen molar-refractivity contribution in [1.29, 1.82) is 0 Å². The Balaban J connectivity index is 1.45. The fourth-order valence-corrected chi connectivity index (χ4v) is 4.18. The molecule has 0 radical (unpaired) electrons. The number of nitrogens with zero attached hydrogens (tertiary/aromatic N) is 5. The van der Waals surface area contributed by atoms with Gasteiger partial charge in [-0.1, -0.05) is 6.58 Å². The summed E-state index contributed by atoms with van der Waals surface area (Å²) in [5.74, 6) is 2.79. The van der Waals surface area contributed by atoms with Crippen LogP contribution >= 0.6 is 0 Å². The van der Waals surface area contributed by atoms with Crippen LogP contribution in [0.15, 0.2) is 60.1 Å². The fraction of sp³-hybridized carbons (Fsp3) is 0.269. The molecule has 11 nitrogen and oxygen atoms in total. The number of ether oxygens (including phenoxy) is 3. The zero-order valence-electron chi connectivity index (χ0n) is 20.5. The summed E-state index contributed by atoms with van der Waals surface area (Å²) in [6, 6.07) is 7.22. The van der Waals surface area contributed by atoms with Gasteiger partial charge >= 0.3 is 0 Å². The van der Waals surface area contributed by atoms with E-state index in [-0.39, 0.29) is 12.0 Å². The van der Waals surface area contributed by atoms with Crippen molar-refractivity contribution >= 4 is 28.4 Å². The summed E-state index contributed by atoms with van der Waals surface area (Å²) in [5.41, 5.74) is 1.20. The minimum absolute atomic E-state index is 0.0655. The number of amides is 1. The van der Waals surface area contributed by atoms with Gasteiger partial charge in [0.2, 0.25) is 5.91 Å². The second kappa shape index (κ2) is 10.5. The second-order valence-corrected chi connectivity index (χ2v) is 8.30. The standard InChI is InChI=1S/C26H26N6O5/c1-4-23(33)32-9-7-16(8-10-32)37-22-12-17-18(13-21(22)34-2)28-15-29-24(17)31-25-26(35-3)27-14-19(30-25)20-6-5-11-36-20/h4-6,11-16H,1,7-10H2,2-3H3,(H,28,29,30,31). The highest BCUT2D eigenvalue weighted by Gasteiger charge is 2.24. The highest BCUT2D eigenvalue weighted by Crippen LogP contribution is 2.37. The summed E-state index contributed by atoms with van der Waals surface area (Å²) in [4.78, 5) is 31.5. The monoisotopic (exact) mass is 502 g/mol. The third-order valence-electron chi connectivity index (χ3n) is 6.09. The van der Waals surface area contributed by atoms with E-state index in [1.807, 2.05) is 6.07 Å². The van der Waals surface area contributed by atoms with Crippen LogP contribution in [-0.4, -0.2) is 64.2 Å². The maximum atomic E-state index is 11.9. The molecule has 1 aliphatic heterocycles. The Bertz CT molecular complexity index is 1420. The number of fused-ring (bicyclic) bond motifs is 1. The number of hydrogen-bond acceptors (Lipinski definition) is 10. The first kappa shape index (κ1) is 24.0. The number of carbonyl (C=O) groups excluding carboxylic acids is 1. The molecule has 5 rings (SSSR count). The van der Waals surface area contributed by atoms with E-state index >= 15 is 0 Å². The second-order valence-electron chi connectivity index (χ2n) is 8.30. The van der Waals surface area contributed by atoms with Crippen LogP contribution < -0.4 is 19.5 Å². The van der Waals surface area contributed by atoms with Gasteiger partial charge in [0.15, 0.2) is 23.1 Å². The Morgan fingerprint density at radius 2 is 1.97 bits per heavy atom. The average molecular weight is 503 g/mol. The summed E-state index contributed by atoms with van der Waals surface area (Å²) in [6.45, 7) is 4.77. The first-order valence-electron chi connectivity index (χ1n) is 11.7. The third-order valence-corrected chi connectivity index (χ3v) is 6.09. The lowest BCUT2D eigenvalue weighted by atomic mass is 10.1. The smallest absolute Gasteiger partial charge is 0.257 e. The molecule has 37 heavy (non-hydrogen) atoms. The van der Waals surface area contributed by atoms with Gasteiger partial charge in [-0.2, -0.15) is 0 Å². The number of carbonyl (C=O) groups is 1. The number of aromatic nitrogens is 4. The van der Waals surface area contributed by atoms with Crippen molar-refractivity contribution in [3.63, 3.8) is 0 Å². The topological polar surface area (TPSA) is 125 Å². The van der Waals surface area contributed by atoms with Gasteiger partial charge in [0.25, 0.3) is 5.88 Å². The van der Waals surface area contributed by atoms with Gasteiger partial charge in [0.1, 0.15) is 23.9 Å². The van der Waals surface area contributed by atoms with Gasteiger partial charge < -0.3 is 28.8 Å². The average Bonchev–Trinajstić information content (AvgIpc) is 3.48. The van der Waals surface area contributed by atoms with Crippen LogP contribution in [0.5, 0.6) is 17.4 Å². The van der Waals surface area contributed by atoms with Crippen molar-refractivity contribution < 1.29 is 23.4 Å². The first-order valence-corrected chi connectivity index (χ1v) is 11.7. The summed E-state index contributed by atoms with van der Waals surface area (Å²) in [7, 11) is 3.10. The SMILES string of the molecule is C=CC(=O)N1CCC(Oc2cc3c(Nc4nc(-c5ccco5)cnc4OC)ncnc3cc2OC)CC1. The molecule has 0 spiro atoms. The van der Waals surface area contributed by atoms with Crippen molar-refractivity contribution in [3.8, 4) is 28.8 Å². The van der Waals surface area contributed by atoms with E-state index in [9.17, 15) is 4.79 Å². The zero-order chi connectivity index (χ0) is 25.8. The van der Waals surface area contributed by atoms with Crippen LogP contribution in [0.4, 0.5) is 11.6 Å². The lowest BCUT2D eigenvalue weighted by Gasteiger charge is -2.31. The minimum atomic E-state index is -0.0720. The molecule has 1 amide bonds. The van der Waals surface area contributed by atoms with Gasteiger partial charge in [-0.3, -0.25) is 4.79 Å². The van der Waals surface area contributed by atoms with Crippen LogP contribution in [0.25, 0.3) is 22.4 Å². The maximum Gasteiger partial charge on any atom is 0.257 e. The molecule has 1 fully saturated rings. The molecule has 1 aliphatic rings. The number of likely N-dealkylation sites (tertiary alicyclic amines) is 1. The molecule has 11 heteroatoms. The Morgan fingerprint density at radius 3 is 2.68 bits per heavy atom. The summed E-state index contributed by atoms with van der Waals surface area (Å²) in [5, 5.41) is 3.92. The number of methoxy groups -OCH3 is 2. The molecule has 0 saturated carbocycles. The summed E-state index contributed by atoms with van der Waals surface area (Å²) >= 11 is 0. The predicted octanol–water partition coefficient (Wildman–Crippen LogP) is 4.00. The lowest BCUT2D eigenvalue weighted by Crippen LogP contribution is -2.41. The summed E-state index contributed by atoms with van der Waals surface area (Å²) < 4.78 is 22.8. The number of anilines is 2. The first-order chi connectivity index (χ1) is 18.1. The van der Waals surface area contributed by atoms with Crippen LogP contribution in [-0.2, 0) is 4.79 Å². The largest absolute Gasteiger partial charge is 0.493 e. The van der Waals surface area contributed by atoms with Gasteiger partial charge in [-0.15, -0.1) is 0 Å². The molecule has 4 heterocycles. The molecule has 0 aliphatic carbocycles. The van der Waals surface area contributed by atoms with Gasteiger partial charge in [-0.25, -0.2) is 19.9 Å². The number of hydrogen-bond donors (Lipinski definition) is 1. The number of benzene rings is 1. The molecular weight excluding hydrogens is 476 g/mol. The van der Waals surface area contributed by atoms with Crippen LogP contribution in [0.2, 0.25) is 0 Å². The molecule has 1 N–H and O–H groups in total.